The predicted molar refractivity (Wildman–Crippen MR) is 79.0 cm³/mol. The third-order valence-electron chi connectivity index (χ3n) is 3.52. The summed E-state index contributed by atoms with van der Waals surface area (Å²) in [5, 5.41) is 8.36. The third kappa shape index (κ3) is 3.36. The molecule has 1 fully saturated rings. The van der Waals surface area contributed by atoms with Gasteiger partial charge in [-0.1, -0.05) is 10.6 Å². The first-order valence-corrected chi connectivity index (χ1v) is 7.64. The first kappa shape index (κ1) is 13.9. The van der Waals surface area contributed by atoms with Crippen LogP contribution in [-0.2, 0) is 0 Å². The van der Waals surface area contributed by atoms with E-state index >= 15 is 0 Å². The van der Waals surface area contributed by atoms with Crippen molar-refractivity contribution in [1.82, 2.24) is 14.9 Å². The van der Waals surface area contributed by atoms with E-state index in [4.69, 9.17) is 0 Å². The van der Waals surface area contributed by atoms with Crippen LogP contribution in [0.25, 0.3) is 0 Å². The van der Waals surface area contributed by atoms with E-state index in [9.17, 15) is 9.18 Å². The molecule has 1 atom stereocenters. The summed E-state index contributed by atoms with van der Waals surface area (Å²) in [6, 6.07) is 6.58. The maximum atomic E-state index is 13.3. The summed E-state index contributed by atoms with van der Waals surface area (Å²) >= 11 is 1.15. The van der Waals surface area contributed by atoms with Crippen LogP contribution in [0.4, 0.5) is 10.1 Å². The van der Waals surface area contributed by atoms with E-state index in [0.29, 0.717) is 12.2 Å². The molecular formula is C14H15FN4OS. The average molecular weight is 306 g/mol. The Kier molecular flexibility index (Phi) is 4.10. The molecule has 7 heteroatoms. The normalized spacial score (nSPS) is 18.5. The lowest BCUT2D eigenvalue weighted by atomic mass is 10.0. The van der Waals surface area contributed by atoms with Crippen LogP contribution in [0.2, 0.25) is 0 Å². The minimum Gasteiger partial charge on any atom is -0.369 e. The highest BCUT2D eigenvalue weighted by molar-refractivity contribution is 7.03. The summed E-state index contributed by atoms with van der Waals surface area (Å²) in [6.07, 6.45) is 1.87. The van der Waals surface area contributed by atoms with Gasteiger partial charge in [0.1, 0.15) is 5.82 Å². The topological polar surface area (TPSA) is 58.1 Å². The zero-order valence-electron chi connectivity index (χ0n) is 11.3. The maximum absolute atomic E-state index is 13.3. The number of halogens is 1. The fraction of sp³-hybridized carbons (Fsp3) is 0.357. The SMILES string of the molecule is O=C(NC1CCCN(c2cccc(F)c2)C1)c1csnn1. The smallest absolute Gasteiger partial charge is 0.273 e. The molecule has 2 heterocycles. The number of hydrogen-bond donors (Lipinski definition) is 1. The van der Waals surface area contributed by atoms with Crippen molar-refractivity contribution in [1.29, 1.82) is 0 Å². The Morgan fingerprint density at radius 2 is 2.38 bits per heavy atom. The largest absolute Gasteiger partial charge is 0.369 e. The van der Waals surface area contributed by atoms with Crippen LogP contribution in [0.15, 0.2) is 29.6 Å². The van der Waals surface area contributed by atoms with Crippen LogP contribution < -0.4 is 10.2 Å². The Hall–Kier alpha value is -2.02. The molecule has 2 aromatic rings. The summed E-state index contributed by atoms with van der Waals surface area (Å²) in [5.74, 6) is -0.443. The fourth-order valence-corrected chi connectivity index (χ4v) is 2.96. The van der Waals surface area contributed by atoms with Gasteiger partial charge in [-0.05, 0) is 42.6 Å². The molecule has 1 aliphatic rings. The number of carbonyl (C=O) groups is 1. The molecule has 1 aromatic heterocycles. The molecule has 21 heavy (non-hydrogen) atoms. The van der Waals surface area contributed by atoms with Gasteiger partial charge in [0.15, 0.2) is 5.69 Å². The molecule has 5 nitrogen and oxygen atoms in total. The number of benzene rings is 1. The molecule has 1 aromatic carbocycles. The molecule has 110 valence electrons. The van der Waals surface area contributed by atoms with Crippen molar-refractivity contribution < 1.29 is 9.18 Å². The second kappa shape index (κ2) is 6.17. The van der Waals surface area contributed by atoms with Crippen LogP contribution in [0.5, 0.6) is 0 Å². The van der Waals surface area contributed by atoms with Crippen molar-refractivity contribution in [3.05, 3.63) is 41.2 Å². The molecule has 0 radical (unpaired) electrons. The lowest BCUT2D eigenvalue weighted by molar-refractivity contribution is 0.0928. The number of hydrogen-bond acceptors (Lipinski definition) is 5. The quantitative estimate of drug-likeness (QED) is 0.943. The third-order valence-corrected chi connectivity index (χ3v) is 4.03. The van der Waals surface area contributed by atoms with E-state index in [0.717, 1.165) is 36.6 Å². The number of carbonyl (C=O) groups excluding carboxylic acids is 1. The highest BCUT2D eigenvalue weighted by atomic mass is 32.1. The van der Waals surface area contributed by atoms with Gasteiger partial charge in [0.05, 0.1) is 0 Å². The average Bonchev–Trinajstić information content (AvgIpc) is 3.02. The number of aromatic nitrogens is 2. The molecule has 1 amide bonds. The van der Waals surface area contributed by atoms with Gasteiger partial charge in [0.25, 0.3) is 5.91 Å². The minimum atomic E-state index is -0.243. The number of nitrogens with zero attached hydrogens (tertiary/aromatic N) is 3. The lowest BCUT2D eigenvalue weighted by Gasteiger charge is -2.34. The molecule has 1 N–H and O–H groups in total. The van der Waals surface area contributed by atoms with Crippen LogP contribution in [-0.4, -0.2) is 34.6 Å². The lowest BCUT2D eigenvalue weighted by Crippen LogP contribution is -2.48. The van der Waals surface area contributed by atoms with Gasteiger partial charge in [0.2, 0.25) is 0 Å². The number of amides is 1. The summed E-state index contributed by atoms with van der Waals surface area (Å²) in [4.78, 5) is 14.1. The first-order chi connectivity index (χ1) is 10.2. The van der Waals surface area contributed by atoms with Gasteiger partial charge >= 0.3 is 0 Å². The molecule has 1 aliphatic heterocycles. The van der Waals surface area contributed by atoms with Crippen molar-refractivity contribution in [2.75, 3.05) is 18.0 Å². The Morgan fingerprint density at radius 1 is 1.48 bits per heavy atom. The van der Waals surface area contributed by atoms with Gasteiger partial charge in [-0.15, -0.1) is 5.10 Å². The zero-order valence-corrected chi connectivity index (χ0v) is 12.1. The van der Waals surface area contributed by atoms with Gasteiger partial charge in [-0.2, -0.15) is 0 Å². The standard InChI is InChI=1S/C14H15FN4OS/c15-10-3-1-5-12(7-10)19-6-2-4-11(8-19)16-14(20)13-9-21-18-17-13/h1,3,5,7,9,11H,2,4,6,8H2,(H,16,20). The number of anilines is 1. The summed E-state index contributed by atoms with van der Waals surface area (Å²) in [6.45, 7) is 1.54. The number of piperidine rings is 1. The van der Waals surface area contributed by atoms with Gasteiger partial charge < -0.3 is 10.2 Å². The summed E-state index contributed by atoms with van der Waals surface area (Å²) in [5.41, 5.74) is 1.20. The van der Waals surface area contributed by atoms with E-state index < -0.39 is 0 Å². The predicted octanol–water partition coefficient (Wildman–Crippen LogP) is 2.08. The van der Waals surface area contributed by atoms with Crippen LogP contribution in [0, 0.1) is 5.82 Å². The Bertz CT molecular complexity index is 619. The van der Waals surface area contributed by atoms with E-state index in [1.54, 1.807) is 11.4 Å². The van der Waals surface area contributed by atoms with E-state index in [1.165, 1.54) is 12.1 Å². The Labute approximate surface area is 125 Å². The second-order valence-corrected chi connectivity index (χ2v) is 5.64. The number of nitrogens with one attached hydrogen (secondary N) is 1. The first-order valence-electron chi connectivity index (χ1n) is 6.81. The van der Waals surface area contributed by atoms with E-state index in [-0.39, 0.29) is 17.8 Å². The van der Waals surface area contributed by atoms with Crippen LogP contribution in [0.1, 0.15) is 23.3 Å². The highest BCUT2D eigenvalue weighted by Crippen LogP contribution is 2.20. The number of rotatable bonds is 3. The van der Waals surface area contributed by atoms with Gasteiger partial charge in [0, 0.05) is 30.2 Å². The molecular weight excluding hydrogens is 291 g/mol. The monoisotopic (exact) mass is 306 g/mol. The molecule has 0 spiro atoms. The highest BCUT2D eigenvalue weighted by Gasteiger charge is 2.23. The molecule has 0 aliphatic carbocycles. The van der Waals surface area contributed by atoms with Gasteiger partial charge in [-0.3, -0.25) is 4.79 Å². The van der Waals surface area contributed by atoms with Crippen molar-refractivity contribution in [3.8, 4) is 0 Å². The van der Waals surface area contributed by atoms with E-state index in [1.807, 2.05) is 6.07 Å². The van der Waals surface area contributed by atoms with E-state index in [2.05, 4.69) is 19.8 Å². The maximum Gasteiger partial charge on any atom is 0.273 e. The summed E-state index contributed by atoms with van der Waals surface area (Å²) in [7, 11) is 0. The van der Waals surface area contributed by atoms with Crippen molar-refractivity contribution in [2.24, 2.45) is 0 Å². The van der Waals surface area contributed by atoms with Crippen LogP contribution in [0.3, 0.4) is 0 Å². The van der Waals surface area contributed by atoms with Crippen molar-refractivity contribution in [3.63, 3.8) is 0 Å². The van der Waals surface area contributed by atoms with Gasteiger partial charge in [-0.25, -0.2) is 4.39 Å². The molecule has 1 unspecified atom stereocenters. The van der Waals surface area contributed by atoms with Crippen molar-refractivity contribution >= 4 is 23.1 Å². The zero-order chi connectivity index (χ0) is 14.7. The van der Waals surface area contributed by atoms with Crippen LogP contribution >= 0.6 is 11.5 Å². The second-order valence-electron chi connectivity index (χ2n) is 5.03. The fourth-order valence-electron chi connectivity index (χ4n) is 2.53. The molecule has 1 saturated heterocycles. The minimum absolute atomic E-state index is 0.0382. The molecule has 0 saturated carbocycles. The summed E-state index contributed by atoms with van der Waals surface area (Å²) < 4.78 is 17.0. The Balaban J connectivity index is 1.64. The molecule has 0 bridgehead atoms. The molecule has 3 rings (SSSR count). The Morgan fingerprint density at radius 3 is 3.14 bits per heavy atom. The van der Waals surface area contributed by atoms with Crippen molar-refractivity contribution in [2.45, 2.75) is 18.9 Å².